The van der Waals surface area contributed by atoms with Crippen molar-refractivity contribution in [1.82, 2.24) is 10.3 Å². The highest BCUT2D eigenvalue weighted by Gasteiger charge is 2.16. The summed E-state index contributed by atoms with van der Waals surface area (Å²) < 4.78 is 5.15. The Morgan fingerprint density at radius 3 is 2.74 bits per heavy atom. The third-order valence-electron chi connectivity index (χ3n) is 3.33. The molecule has 0 spiro atoms. The van der Waals surface area contributed by atoms with Gasteiger partial charge >= 0.3 is 6.09 Å². The Bertz CT molecular complexity index is 830. The standard InChI is InChI=1S/C17H17N3O2S/c1-19-10-11-7-8-14-13(9-11)15(16(20-14)22-17(18)21)23-12-5-3-2-4-6-12/h2-9,19-20H,10H2,1H3,(H2,18,21). The van der Waals surface area contributed by atoms with Gasteiger partial charge in [0.05, 0.1) is 4.90 Å². The van der Waals surface area contributed by atoms with E-state index < -0.39 is 6.09 Å². The minimum Gasteiger partial charge on any atom is -0.392 e. The Morgan fingerprint density at radius 1 is 1.26 bits per heavy atom. The molecule has 23 heavy (non-hydrogen) atoms. The molecule has 2 aromatic carbocycles. The molecule has 0 aliphatic carbocycles. The molecular formula is C17H17N3O2S. The third-order valence-corrected chi connectivity index (χ3v) is 4.45. The van der Waals surface area contributed by atoms with E-state index in [1.165, 1.54) is 11.8 Å². The number of carbonyl (C=O) groups is 1. The van der Waals surface area contributed by atoms with Crippen LogP contribution < -0.4 is 15.8 Å². The number of amides is 1. The summed E-state index contributed by atoms with van der Waals surface area (Å²) in [5.41, 5.74) is 7.24. The van der Waals surface area contributed by atoms with E-state index in [4.69, 9.17) is 10.5 Å². The molecule has 3 aromatic rings. The van der Waals surface area contributed by atoms with Gasteiger partial charge in [-0.05, 0) is 36.9 Å². The molecule has 0 bridgehead atoms. The quantitative estimate of drug-likeness (QED) is 0.670. The average Bonchev–Trinajstić information content (AvgIpc) is 2.85. The second kappa shape index (κ2) is 6.76. The summed E-state index contributed by atoms with van der Waals surface area (Å²) in [7, 11) is 1.91. The van der Waals surface area contributed by atoms with Gasteiger partial charge in [-0.3, -0.25) is 0 Å². The summed E-state index contributed by atoms with van der Waals surface area (Å²) in [5, 5.41) is 4.14. The highest BCUT2D eigenvalue weighted by Crippen LogP contribution is 2.41. The van der Waals surface area contributed by atoms with Gasteiger partial charge in [0.1, 0.15) is 0 Å². The van der Waals surface area contributed by atoms with Gasteiger partial charge in [0, 0.05) is 22.3 Å². The van der Waals surface area contributed by atoms with Crippen LogP contribution in [0.1, 0.15) is 5.56 Å². The number of nitrogens with one attached hydrogen (secondary N) is 2. The molecule has 6 heteroatoms. The van der Waals surface area contributed by atoms with Gasteiger partial charge < -0.3 is 20.8 Å². The summed E-state index contributed by atoms with van der Waals surface area (Å²) >= 11 is 1.53. The van der Waals surface area contributed by atoms with Crippen molar-refractivity contribution in [2.24, 2.45) is 5.73 Å². The van der Waals surface area contributed by atoms with Crippen LogP contribution in [-0.4, -0.2) is 18.1 Å². The maximum atomic E-state index is 11.2. The van der Waals surface area contributed by atoms with Crippen LogP contribution in [0.4, 0.5) is 4.79 Å². The summed E-state index contributed by atoms with van der Waals surface area (Å²) in [5.74, 6) is 0.378. The number of carbonyl (C=O) groups excluding carboxylic acids is 1. The molecule has 3 rings (SSSR count). The summed E-state index contributed by atoms with van der Waals surface area (Å²) in [6, 6.07) is 16.0. The number of aromatic nitrogens is 1. The molecule has 1 heterocycles. The van der Waals surface area contributed by atoms with Crippen molar-refractivity contribution in [2.75, 3.05) is 7.05 Å². The van der Waals surface area contributed by atoms with E-state index in [1.807, 2.05) is 49.5 Å². The molecular weight excluding hydrogens is 310 g/mol. The molecule has 1 amide bonds. The van der Waals surface area contributed by atoms with E-state index in [2.05, 4.69) is 16.4 Å². The van der Waals surface area contributed by atoms with Crippen LogP contribution in [-0.2, 0) is 6.54 Å². The SMILES string of the molecule is CNCc1ccc2[nH]c(OC(N)=O)c(Sc3ccccc3)c2c1. The maximum Gasteiger partial charge on any atom is 0.411 e. The van der Waals surface area contributed by atoms with Crippen LogP contribution in [0.5, 0.6) is 5.88 Å². The number of primary amides is 1. The van der Waals surface area contributed by atoms with E-state index in [1.54, 1.807) is 0 Å². The van der Waals surface area contributed by atoms with Crippen molar-refractivity contribution >= 4 is 28.8 Å². The first-order chi connectivity index (χ1) is 11.2. The van der Waals surface area contributed by atoms with Crippen LogP contribution in [0.3, 0.4) is 0 Å². The number of hydrogen-bond donors (Lipinski definition) is 3. The van der Waals surface area contributed by atoms with Crippen LogP contribution in [0.25, 0.3) is 10.9 Å². The predicted octanol–water partition coefficient (Wildman–Crippen LogP) is 3.50. The zero-order chi connectivity index (χ0) is 16.2. The Kier molecular flexibility index (Phi) is 4.55. The highest BCUT2D eigenvalue weighted by atomic mass is 32.2. The van der Waals surface area contributed by atoms with Gasteiger partial charge in [-0.1, -0.05) is 36.0 Å². The molecule has 0 aliphatic heterocycles. The summed E-state index contributed by atoms with van der Waals surface area (Å²) in [4.78, 5) is 16.2. The number of hydrogen-bond acceptors (Lipinski definition) is 4. The molecule has 1 aromatic heterocycles. The fourth-order valence-electron chi connectivity index (χ4n) is 2.38. The fourth-order valence-corrected chi connectivity index (χ4v) is 3.38. The Morgan fingerprint density at radius 2 is 2.04 bits per heavy atom. The Hall–Kier alpha value is -2.44. The van der Waals surface area contributed by atoms with Gasteiger partial charge in [-0.15, -0.1) is 0 Å². The predicted molar refractivity (Wildman–Crippen MR) is 91.8 cm³/mol. The number of fused-ring (bicyclic) bond motifs is 1. The minimum absolute atomic E-state index is 0.378. The monoisotopic (exact) mass is 327 g/mol. The van der Waals surface area contributed by atoms with Crippen molar-refractivity contribution in [2.45, 2.75) is 16.3 Å². The number of benzene rings is 2. The minimum atomic E-state index is -0.832. The Balaban J connectivity index is 2.09. The van der Waals surface area contributed by atoms with Crippen molar-refractivity contribution < 1.29 is 9.53 Å². The first-order valence-electron chi connectivity index (χ1n) is 7.17. The highest BCUT2D eigenvalue weighted by molar-refractivity contribution is 7.99. The largest absolute Gasteiger partial charge is 0.411 e. The number of H-pyrrole nitrogens is 1. The van der Waals surface area contributed by atoms with Gasteiger partial charge in [-0.2, -0.15) is 0 Å². The number of nitrogens with two attached hydrogens (primary N) is 1. The van der Waals surface area contributed by atoms with Crippen LogP contribution >= 0.6 is 11.8 Å². The second-order valence-corrected chi connectivity index (χ2v) is 6.11. The van der Waals surface area contributed by atoms with E-state index in [9.17, 15) is 4.79 Å². The zero-order valence-electron chi connectivity index (χ0n) is 12.6. The normalized spacial score (nSPS) is 10.8. The molecule has 0 aliphatic rings. The van der Waals surface area contributed by atoms with Crippen molar-refractivity contribution in [3.05, 3.63) is 54.1 Å². The van der Waals surface area contributed by atoms with Crippen molar-refractivity contribution in [1.29, 1.82) is 0 Å². The lowest BCUT2D eigenvalue weighted by molar-refractivity contribution is 0.208. The van der Waals surface area contributed by atoms with E-state index in [0.29, 0.717) is 5.88 Å². The lowest BCUT2D eigenvalue weighted by Crippen LogP contribution is -2.16. The van der Waals surface area contributed by atoms with Gasteiger partial charge in [0.2, 0.25) is 5.88 Å². The first-order valence-corrected chi connectivity index (χ1v) is 7.98. The molecule has 118 valence electrons. The Labute approximate surface area is 138 Å². The van der Waals surface area contributed by atoms with Crippen LogP contribution in [0.15, 0.2) is 58.3 Å². The third kappa shape index (κ3) is 3.49. The number of aromatic amines is 1. The van der Waals surface area contributed by atoms with Gasteiger partial charge in [0.25, 0.3) is 0 Å². The summed E-state index contributed by atoms with van der Waals surface area (Å²) in [6.45, 7) is 0.766. The van der Waals surface area contributed by atoms with Gasteiger partial charge in [0.15, 0.2) is 0 Å². The molecule has 4 N–H and O–H groups in total. The molecule has 0 radical (unpaired) electrons. The fraction of sp³-hybridized carbons (Fsp3) is 0.118. The second-order valence-electron chi connectivity index (χ2n) is 5.03. The molecule has 0 atom stereocenters. The maximum absolute atomic E-state index is 11.2. The van der Waals surface area contributed by atoms with Crippen molar-refractivity contribution in [3.8, 4) is 5.88 Å². The van der Waals surface area contributed by atoms with Crippen LogP contribution in [0, 0.1) is 0 Å². The van der Waals surface area contributed by atoms with E-state index >= 15 is 0 Å². The molecule has 0 fully saturated rings. The number of ether oxygens (including phenoxy) is 1. The topological polar surface area (TPSA) is 80.1 Å². The van der Waals surface area contributed by atoms with E-state index in [0.717, 1.165) is 32.8 Å². The smallest absolute Gasteiger partial charge is 0.392 e. The first kappa shape index (κ1) is 15.5. The molecule has 0 saturated carbocycles. The molecule has 0 unspecified atom stereocenters. The molecule has 0 saturated heterocycles. The van der Waals surface area contributed by atoms with Crippen LogP contribution in [0.2, 0.25) is 0 Å². The van der Waals surface area contributed by atoms with Crippen molar-refractivity contribution in [3.63, 3.8) is 0 Å². The summed E-state index contributed by atoms with van der Waals surface area (Å²) in [6.07, 6.45) is -0.832. The zero-order valence-corrected chi connectivity index (χ0v) is 13.4. The van der Waals surface area contributed by atoms with E-state index in [-0.39, 0.29) is 0 Å². The molecule has 5 nitrogen and oxygen atoms in total. The van der Waals surface area contributed by atoms with Gasteiger partial charge in [-0.25, -0.2) is 4.79 Å². The lowest BCUT2D eigenvalue weighted by Gasteiger charge is -2.05. The lowest BCUT2D eigenvalue weighted by atomic mass is 10.1. The number of rotatable bonds is 5. The average molecular weight is 327 g/mol.